The van der Waals surface area contributed by atoms with E-state index in [0.29, 0.717) is 6.04 Å². The van der Waals surface area contributed by atoms with Gasteiger partial charge in [-0.2, -0.15) is 0 Å². The molecule has 0 saturated heterocycles. The monoisotopic (exact) mass is 276 g/mol. The molecule has 1 rings (SSSR count). The molecule has 1 atom stereocenters. The average Bonchev–Trinajstić information content (AvgIpc) is 2.45. The number of pyridine rings is 1. The van der Waals surface area contributed by atoms with Crippen LogP contribution in [-0.2, 0) is 6.42 Å². The van der Waals surface area contributed by atoms with Crippen LogP contribution in [-0.4, -0.2) is 30.6 Å². The van der Waals surface area contributed by atoms with Crippen LogP contribution in [0.5, 0.6) is 0 Å². The van der Waals surface area contributed by atoms with Gasteiger partial charge in [0.2, 0.25) is 0 Å². The fraction of sp³-hybridized carbons (Fsp3) is 0.625. The number of hydrogen-bond acceptors (Lipinski definition) is 2. The lowest BCUT2D eigenvalue weighted by molar-refractivity contribution is 0.489. The Morgan fingerprint density at radius 3 is 2.65 bits per heavy atom. The number of guanidine groups is 1. The van der Waals surface area contributed by atoms with Gasteiger partial charge in [-0.15, -0.1) is 0 Å². The molecular formula is C16H28N4. The Bertz CT molecular complexity index is 387. The molecule has 1 aromatic rings. The summed E-state index contributed by atoms with van der Waals surface area (Å²) in [5, 5.41) is 6.76. The lowest BCUT2D eigenvalue weighted by Gasteiger charge is -2.18. The third-order valence-electron chi connectivity index (χ3n) is 3.18. The predicted octanol–water partition coefficient (Wildman–Crippen LogP) is 2.61. The molecule has 20 heavy (non-hydrogen) atoms. The molecule has 0 aliphatic heterocycles. The van der Waals surface area contributed by atoms with Crippen LogP contribution < -0.4 is 10.6 Å². The molecule has 1 aromatic heterocycles. The van der Waals surface area contributed by atoms with Crippen molar-refractivity contribution in [2.45, 2.75) is 46.1 Å². The molecule has 0 amide bonds. The number of aromatic nitrogens is 1. The highest BCUT2D eigenvalue weighted by atomic mass is 15.2. The highest BCUT2D eigenvalue weighted by Gasteiger charge is 2.06. The van der Waals surface area contributed by atoms with E-state index in [2.05, 4.69) is 41.4 Å². The quantitative estimate of drug-likeness (QED) is 0.594. The Morgan fingerprint density at radius 1 is 1.25 bits per heavy atom. The molecule has 4 heteroatoms. The van der Waals surface area contributed by atoms with E-state index < -0.39 is 0 Å². The second-order valence-corrected chi connectivity index (χ2v) is 5.59. The van der Waals surface area contributed by atoms with Crippen LogP contribution in [0.4, 0.5) is 0 Å². The van der Waals surface area contributed by atoms with Crippen LogP contribution in [0.25, 0.3) is 0 Å². The molecule has 2 N–H and O–H groups in total. The molecule has 0 spiro atoms. The summed E-state index contributed by atoms with van der Waals surface area (Å²) in [6, 6.07) is 6.44. The van der Waals surface area contributed by atoms with Gasteiger partial charge in [0.05, 0.1) is 0 Å². The normalized spacial score (nSPS) is 13.3. The second kappa shape index (κ2) is 9.34. The minimum atomic E-state index is 0.443. The summed E-state index contributed by atoms with van der Waals surface area (Å²) in [4.78, 5) is 8.57. The molecule has 0 aliphatic carbocycles. The van der Waals surface area contributed by atoms with Crippen LogP contribution in [0.2, 0.25) is 0 Å². The number of nitrogens with zero attached hydrogens (tertiary/aromatic N) is 2. The molecule has 4 nitrogen and oxygen atoms in total. The summed E-state index contributed by atoms with van der Waals surface area (Å²) in [7, 11) is 1.81. The van der Waals surface area contributed by atoms with Gasteiger partial charge in [0.1, 0.15) is 0 Å². The van der Waals surface area contributed by atoms with Crippen molar-refractivity contribution < 1.29 is 0 Å². The molecule has 0 fully saturated rings. The maximum absolute atomic E-state index is 4.31. The zero-order valence-corrected chi connectivity index (χ0v) is 13.2. The van der Waals surface area contributed by atoms with Gasteiger partial charge >= 0.3 is 0 Å². The third-order valence-corrected chi connectivity index (χ3v) is 3.18. The summed E-state index contributed by atoms with van der Waals surface area (Å²) in [6.07, 6.45) is 5.13. The molecule has 1 unspecified atom stereocenters. The van der Waals surface area contributed by atoms with Gasteiger partial charge in [-0.3, -0.25) is 9.98 Å². The van der Waals surface area contributed by atoms with Crippen molar-refractivity contribution in [2.24, 2.45) is 10.9 Å². The first kappa shape index (κ1) is 16.5. The van der Waals surface area contributed by atoms with E-state index in [1.807, 2.05) is 31.4 Å². The van der Waals surface area contributed by atoms with Crippen molar-refractivity contribution in [1.82, 2.24) is 15.6 Å². The largest absolute Gasteiger partial charge is 0.356 e. The van der Waals surface area contributed by atoms with Crippen LogP contribution in [0.3, 0.4) is 0 Å². The summed E-state index contributed by atoms with van der Waals surface area (Å²) < 4.78 is 0. The smallest absolute Gasteiger partial charge is 0.191 e. The zero-order valence-electron chi connectivity index (χ0n) is 13.2. The first-order valence-electron chi connectivity index (χ1n) is 7.49. The van der Waals surface area contributed by atoms with Gasteiger partial charge < -0.3 is 10.6 Å². The van der Waals surface area contributed by atoms with Crippen molar-refractivity contribution in [3.05, 3.63) is 30.1 Å². The number of rotatable bonds is 7. The maximum atomic E-state index is 4.31. The molecule has 112 valence electrons. The highest BCUT2D eigenvalue weighted by Crippen LogP contribution is 2.06. The van der Waals surface area contributed by atoms with E-state index in [9.17, 15) is 0 Å². The lowest BCUT2D eigenvalue weighted by atomic mass is 10.0. The van der Waals surface area contributed by atoms with E-state index in [0.717, 1.165) is 30.5 Å². The van der Waals surface area contributed by atoms with Gasteiger partial charge in [0.15, 0.2) is 5.96 Å². The Labute approximate surface area is 123 Å². The van der Waals surface area contributed by atoms with Crippen LogP contribution >= 0.6 is 0 Å². The number of aliphatic imine (C=N–C) groups is 1. The van der Waals surface area contributed by atoms with E-state index >= 15 is 0 Å². The van der Waals surface area contributed by atoms with Crippen molar-refractivity contribution in [2.75, 3.05) is 13.6 Å². The fourth-order valence-electron chi connectivity index (χ4n) is 1.94. The number of nitrogens with one attached hydrogen (secondary N) is 2. The van der Waals surface area contributed by atoms with Crippen molar-refractivity contribution in [3.63, 3.8) is 0 Å². The van der Waals surface area contributed by atoms with Gasteiger partial charge in [-0.25, -0.2) is 0 Å². The standard InChI is InChI=1S/C16H28N4/c1-13(2)8-9-14(3)20-16(17-4)19-12-10-15-7-5-6-11-18-15/h5-7,11,13-14H,8-10,12H2,1-4H3,(H2,17,19,20). The molecule has 0 radical (unpaired) electrons. The molecular weight excluding hydrogens is 248 g/mol. The predicted molar refractivity (Wildman–Crippen MR) is 86.0 cm³/mol. The Hall–Kier alpha value is -1.58. The molecule has 0 aromatic carbocycles. The molecule has 0 bridgehead atoms. The van der Waals surface area contributed by atoms with Crippen LogP contribution in [0.1, 0.15) is 39.3 Å². The number of hydrogen-bond donors (Lipinski definition) is 2. The molecule has 0 saturated carbocycles. The maximum Gasteiger partial charge on any atom is 0.191 e. The minimum absolute atomic E-state index is 0.443. The fourth-order valence-corrected chi connectivity index (χ4v) is 1.94. The van der Waals surface area contributed by atoms with Gasteiger partial charge in [0.25, 0.3) is 0 Å². The molecule has 0 aliphatic rings. The van der Waals surface area contributed by atoms with Crippen LogP contribution in [0.15, 0.2) is 29.4 Å². The van der Waals surface area contributed by atoms with Crippen molar-refractivity contribution in [1.29, 1.82) is 0 Å². The Balaban J connectivity index is 2.26. The van der Waals surface area contributed by atoms with Gasteiger partial charge in [0, 0.05) is 37.9 Å². The zero-order chi connectivity index (χ0) is 14.8. The summed E-state index contributed by atoms with van der Waals surface area (Å²) in [6.45, 7) is 7.56. The average molecular weight is 276 g/mol. The SMILES string of the molecule is CN=C(NCCc1ccccn1)NC(C)CCC(C)C. The second-order valence-electron chi connectivity index (χ2n) is 5.59. The van der Waals surface area contributed by atoms with Crippen LogP contribution in [0, 0.1) is 5.92 Å². The Kier molecular flexibility index (Phi) is 7.70. The van der Waals surface area contributed by atoms with E-state index in [1.165, 1.54) is 12.8 Å². The lowest BCUT2D eigenvalue weighted by Crippen LogP contribution is -2.43. The Morgan fingerprint density at radius 2 is 2.05 bits per heavy atom. The summed E-state index contributed by atoms with van der Waals surface area (Å²) in [5.41, 5.74) is 1.10. The van der Waals surface area contributed by atoms with Gasteiger partial charge in [-0.05, 0) is 37.8 Å². The molecule has 1 heterocycles. The van der Waals surface area contributed by atoms with E-state index in [-0.39, 0.29) is 0 Å². The summed E-state index contributed by atoms with van der Waals surface area (Å²) in [5.74, 6) is 1.62. The van der Waals surface area contributed by atoms with Crippen molar-refractivity contribution >= 4 is 5.96 Å². The van der Waals surface area contributed by atoms with Gasteiger partial charge in [-0.1, -0.05) is 19.9 Å². The first-order chi connectivity index (χ1) is 9.61. The highest BCUT2D eigenvalue weighted by molar-refractivity contribution is 5.79. The summed E-state index contributed by atoms with van der Waals surface area (Å²) >= 11 is 0. The van der Waals surface area contributed by atoms with E-state index in [4.69, 9.17) is 0 Å². The third kappa shape index (κ3) is 7.12. The topological polar surface area (TPSA) is 49.3 Å². The minimum Gasteiger partial charge on any atom is -0.356 e. The first-order valence-corrected chi connectivity index (χ1v) is 7.49. The van der Waals surface area contributed by atoms with E-state index in [1.54, 1.807) is 0 Å². The van der Waals surface area contributed by atoms with Crippen molar-refractivity contribution in [3.8, 4) is 0 Å².